The second-order valence-corrected chi connectivity index (χ2v) is 7.17. The molecule has 0 aliphatic heterocycles. The third-order valence-electron chi connectivity index (χ3n) is 5.00. The molecule has 2 heterocycles. The molecule has 160 valence electrons. The Morgan fingerprint density at radius 2 is 1.86 bits per heavy atom. The van der Waals surface area contributed by atoms with Gasteiger partial charge in [-0.15, -0.1) is 0 Å². The first kappa shape index (κ1) is 21.5. The van der Waals surface area contributed by atoms with Crippen molar-refractivity contribution in [1.82, 2.24) is 14.5 Å². The Labute approximate surface area is 161 Å². The predicted octanol–water partition coefficient (Wildman–Crippen LogP) is 4.38. The quantitative estimate of drug-likeness (QED) is 0.672. The van der Waals surface area contributed by atoms with Gasteiger partial charge in [-0.05, 0) is 37.8 Å². The number of fused-ring (bicyclic) bond motifs is 1. The second kappa shape index (κ2) is 7.92. The minimum absolute atomic E-state index is 0.0336. The van der Waals surface area contributed by atoms with E-state index in [9.17, 15) is 31.1 Å². The van der Waals surface area contributed by atoms with Crippen LogP contribution in [0.2, 0.25) is 0 Å². The van der Waals surface area contributed by atoms with Gasteiger partial charge >= 0.3 is 12.4 Å². The lowest BCUT2D eigenvalue weighted by atomic mass is 9.92. The number of ketones is 1. The molecule has 0 spiro atoms. The van der Waals surface area contributed by atoms with Crippen LogP contribution in [0.5, 0.6) is 0 Å². The number of hydrogen-bond donors (Lipinski definition) is 1. The molecule has 0 radical (unpaired) electrons. The molecule has 1 aliphatic rings. The number of hydrogen-bond acceptors (Lipinski definition) is 4. The highest BCUT2D eigenvalue weighted by Crippen LogP contribution is 2.37. The average Bonchev–Trinajstić information content (AvgIpc) is 2.89. The van der Waals surface area contributed by atoms with Gasteiger partial charge in [0.1, 0.15) is 22.8 Å². The first-order valence-electron chi connectivity index (χ1n) is 9.18. The maximum absolute atomic E-state index is 13.0. The topological polar surface area (TPSA) is 68.0 Å². The largest absolute Gasteiger partial charge is 0.433 e. The summed E-state index contributed by atoms with van der Waals surface area (Å²) in [7, 11) is 0. The fourth-order valence-corrected chi connectivity index (χ4v) is 3.26. The average molecular weight is 423 g/mol. The summed E-state index contributed by atoms with van der Waals surface area (Å²) in [6.07, 6.45) is -10.5. The number of rotatable bonds is 7. The smallest absolute Gasteiger partial charge is 0.383 e. The van der Waals surface area contributed by atoms with Crippen molar-refractivity contribution in [1.29, 1.82) is 0 Å². The van der Waals surface area contributed by atoms with Gasteiger partial charge in [-0.1, -0.05) is 0 Å². The van der Waals surface area contributed by atoms with E-state index in [4.69, 9.17) is 5.11 Å². The number of aryl methyl sites for hydroxylation is 1. The highest BCUT2D eigenvalue weighted by atomic mass is 19.4. The summed E-state index contributed by atoms with van der Waals surface area (Å²) in [5.41, 5.74) is -0.592. The third kappa shape index (κ3) is 4.88. The molecule has 1 fully saturated rings. The summed E-state index contributed by atoms with van der Waals surface area (Å²) in [5, 5.41) is 8.95. The summed E-state index contributed by atoms with van der Waals surface area (Å²) in [4.78, 5) is 19.7. The van der Waals surface area contributed by atoms with Crippen LogP contribution in [0.3, 0.4) is 0 Å². The molecule has 3 rings (SSSR count). The normalized spacial score (nSPS) is 16.8. The van der Waals surface area contributed by atoms with Crippen LogP contribution < -0.4 is 0 Å². The number of nitrogens with zero attached hydrogens (tertiary/aromatic N) is 3. The summed E-state index contributed by atoms with van der Waals surface area (Å²) in [5.74, 6) is -0.278. The van der Waals surface area contributed by atoms with Gasteiger partial charge in [-0.2, -0.15) is 26.3 Å². The molecule has 11 heteroatoms. The minimum Gasteiger partial charge on any atom is -0.383 e. The Kier molecular flexibility index (Phi) is 5.88. The zero-order valence-electron chi connectivity index (χ0n) is 15.2. The van der Waals surface area contributed by atoms with E-state index in [1.807, 2.05) is 0 Å². The highest BCUT2D eigenvalue weighted by Gasteiger charge is 2.39. The number of aliphatic hydroxyl groups is 1. The van der Waals surface area contributed by atoms with E-state index < -0.39 is 36.4 Å². The molecular formula is C18H19F6N3O2. The molecule has 5 nitrogen and oxygen atoms in total. The van der Waals surface area contributed by atoms with Crippen LogP contribution in [0.25, 0.3) is 11.2 Å². The molecule has 1 saturated carbocycles. The van der Waals surface area contributed by atoms with E-state index in [0.29, 0.717) is 11.3 Å². The van der Waals surface area contributed by atoms with Gasteiger partial charge in [-0.25, -0.2) is 9.97 Å². The van der Waals surface area contributed by atoms with Crippen molar-refractivity contribution in [2.45, 2.75) is 69.4 Å². The van der Waals surface area contributed by atoms with E-state index in [-0.39, 0.29) is 31.0 Å². The van der Waals surface area contributed by atoms with Gasteiger partial charge in [0.25, 0.3) is 0 Å². The maximum Gasteiger partial charge on any atom is 0.433 e. The third-order valence-corrected chi connectivity index (χ3v) is 5.00. The fourth-order valence-electron chi connectivity index (χ4n) is 3.26. The van der Waals surface area contributed by atoms with Crippen LogP contribution in [-0.2, 0) is 17.4 Å². The second-order valence-electron chi connectivity index (χ2n) is 7.17. The molecule has 2 aromatic heterocycles. The lowest BCUT2D eigenvalue weighted by Crippen LogP contribution is -2.30. The molecule has 1 aliphatic carbocycles. The zero-order valence-corrected chi connectivity index (χ0v) is 15.2. The van der Waals surface area contributed by atoms with Crippen LogP contribution in [0.4, 0.5) is 26.3 Å². The number of Topliss-reactive ketones (excluding diaryl/α,β-unsaturated/α-hetero) is 1. The van der Waals surface area contributed by atoms with Gasteiger partial charge in [0, 0.05) is 25.3 Å². The van der Waals surface area contributed by atoms with Crippen molar-refractivity contribution in [3.05, 3.63) is 23.7 Å². The van der Waals surface area contributed by atoms with E-state index in [2.05, 4.69) is 9.97 Å². The number of aliphatic hydroxyl groups excluding tert-OH is 1. The summed E-state index contributed by atoms with van der Waals surface area (Å²) < 4.78 is 77.6. The van der Waals surface area contributed by atoms with Crippen molar-refractivity contribution in [3.63, 3.8) is 0 Å². The van der Waals surface area contributed by atoms with Gasteiger partial charge < -0.3 is 9.67 Å². The van der Waals surface area contributed by atoms with Crippen LogP contribution >= 0.6 is 0 Å². The first-order valence-corrected chi connectivity index (χ1v) is 9.18. The summed E-state index contributed by atoms with van der Waals surface area (Å²) >= 11 is 0. The summed E-state index contributed by atoms with van der Waals surface area (Å²) in [6.45, 7) is 0. The molecule has 0 bridgehead atoms. The molecule has 0 saturated heterocycles. The zero-order chi connectivity index (χ0) is 21.4. The van der Waals surface area contributed by atoms with Gasteiger partial charge in [0.2, 0.25) is 0 Å². The number of carbonyl (C=O) groups is 1. The Morgan fingerprint density at radius 1 is 1.17 bits per heavy atom. The lowest BCUT2D eigenvalue weighted by Gasteiger charge is -2.28. The van der Waals surface area contributed by atoms with Gasteiger partial charge in [0.15, 0.2) is 11.8 Å². The van der Waals surface area contributed by atoms with Crippen molar-refractivity contribution >= 4 is 16.9 Å². The van der Waals surface area contributed by atoms with Crippen LogP contribution in [0.1, 0.15) is 56.1 Å². The fraction of sp³-hybridized carbons (Fsp3) is 0.611. The first-order chi connectivity index (χ1) is 13.5. The van der Waals surface area contributed by atoms with E-state index in [1.54, 1.807) is 4.57 Å². The molecular weight excluding hydrogens is 404 g/mol. The van der Waals surface area contributed by atoms with Gasteiger partial charge in [-0.3, -0.25) is 4.79 Å². The molecule has 0 aromatic carbocycles. The number of halogens is 6. The number of aromatic nitrogens is 3. The van der Waals surface area contributed by atoms with Crippen LogP contribution in [0.15, 0.2) is 12.1 Å². The molecule has 29 heavy (non-hydrogen) atoms. The van der Waals surface area contributed by atoms with Crippen molar-refractivity contribution in [2.75, 3.05) is 0 Å². The monoisotopic (exact) mass is 423 g/mol. The van der Waals surface area contributed by atoms with E-state index in [1.165, 1.54) is 6.07 Å². The predicted molar refractivity (Wildman–Crippen MR) is 90.0 cm³/mol. The molecule has 1 atom stereocenters. The van der Waals surface area contributed by atoms with Crippen molar-refractivity contribution in [2.24, 2.45) is 0 Å². The van der Waals surface area contributed by atoms with Crippen LogP contribution in [0, 0.1) is 0 Å². The number of alkyl halides is 6. The lowest BCUT2D eigenvalue weighted by molar-refractivity contribution is -0.205. The maximum atomic E-state index is 13.0. The molecule has 0 amide bonds. The van der Waals surface area contributed by atoms with E-state index in [0.717, 1.165) is 25.3 Å². The van der Waals surface area contributed by atoms with Crippen molar-refractivity contribution in [3.8, 4) is 0 Å². The number of pyridine rings is 1. The molecule has 1 N–H and O–H groups in total. The Hall–Kier alpha value is -2.17. The highest BCUT2D eigenvalue weighted by molar-refractivity contribution is 5.79. The summed E-state index contributed by atoms with van der Waals surface area (Å²) in [6, 6.07) is 2.06. The Morgan fingerprint density at radius 3 is 2.41 bits per heavy atom. The van der Waals surface area contributed by atoms with Crippen LogP contribution in [-0.4, -0.2) is 37.7 Å². The number of imidazole rings is 1. The Bertz CT molecular complexity index is 886. The standard InChI is InChI=1S/C18H19F6N3O2/c19-17(20,21)13-8-7-12-16(26-13)27(10-3-1-4-10)15(25-12)6-2-5-11(28)9-14(29)18(22,23)24/h7-8,10,14,29H,1-6,9H2/t14-/m0/s1. The van der Waals surface area contributed by atoms with Crippen molar-refractivity contribution < 1.29 is 36.2 Å². The Balaban J connectivity index is 1.74. The number of carbonyl (C=O) groups excluding carboxylic acids is 1. The SMILES string of the molecule is O=C(CCCc1nc2ccc(C(F)(F)F)nc2n1C1CCC1)C[C@H](O)C(F)(F)F. The van der Waals surface area contributed by atoms with Gasteiger partial charge in [0.05, 0.1) is 0 Å². The van der Waals surface area contributed by atoms with E-state index >= 15 is 0 Å². The minimum atomic E-state index is -4.85. The molecule has 2 aromatic rings. The molecule has 0 unspecified atom stereocenters.